The van der Waals surface area contributed by atoms with Crippen molar-refractivity contribution in [2.24, 2.45) is 5.92 Å². The number of piperidine rings is 1. The number of rotatable bonds is 3. The van der Waals surface area contributed by atoms with Gasteiger partial charge in [0.25, 0.3) is 0 Å². The molecule has 0 aliphatic carbocycles. The van der Waals surface area contributed by atoms with Crippen molar-refractivity contribution in [3.8, 4) is 0 Å². The highest BCUT2D eigenvalue weighted by atomic mass is 16.6. The molecule has 1 aliphatic rings. The fourth-order valence-corrected chi connectivity index (χ4v) is 3.01. The van der Waals surface area contributed by atoms with Gasteiger partial charge >= 0.3 is 6.09 Å². The van der Waals surface area contributed by atoms with Crippen LogP contribution in [0.25, 0.3) is 0 Å². The van der Waals surface area contributed by atoms with E-state index in [9.17, 15) is 4.79 Å². The molecule has 1 amide bonds. The quantitative estimate of drug-likeness (QED) is 0.930. The molecule has 0 radical (unpaired) electrons. The van der Waals surface area contributed by atoms with E-state index >= 15 is 0 Å². The van der Waals surface area contributed by atoms with Gasteiger partial charge < -0.3 is 10.1 Å². The number of alkyl carbamates (subject to hydrolysis) is 1. The third kappa shape index (κ3) is 5.68. The lowest BCUT2D eigenvalue weighted by atomic mass is 9.95. The summed E-state index contributed by atoms with van der Waals surface area (Å²) in [4.78, 5) is 14.4. The molecule has 1 aromatic carbocycles. The van der Waals surface area contributed by atoms with Gasteiger partial charge in [0.05, 0.1) is 0 Å². The average molecular weight is 304 g/mol. The highest BCUT2D eigenvalue weighted by Gasteiger charge is 2.27. The van der Waals surface area contributed by atoms with Crippen LogP contribution in [0.2, 0.25) is 0 Å². The predicted molar refractivity (Wildman–Crippen MR) is 88.7 cm³/mol. The minimum absolute atomic E-state index is 0.155. The molecule has 22 heavy (non-hydrogen) atoms. The lowest BCUT2D eigenvalue weighted by Crippen LogP contribution is -2.50. The summed E-state index contributed by atoms with van der Waals surface area (Å²) >= 11 is 0. The molecule has 122 valence electrons. The number of nitrogens with zero attached hydrogens (tertiary/aromatic N) is 1. The van der Waals surface area contributed by atoms with Gasteiger partial charge in [0.1, 0.15) is 5.60 Å². The molecule has 1 aliphatic heterocycles. The van der Waals surface area contributed by atoms with Crippen LogP contribution >= 0.6 is 0 Å². The Morgan fingerprint density at radius 2 is 1.95 bits per heavy atom. The Hall–Kier alpha value is -1.55. The monoisotopic (exact) mass is 304 g/mol. The van der Waals surface area contributed by atoms with Gasteiger partial charge in [-0.1, -0.05) is 37.3 Å². The minimum Gasteiger partial charge on any atom is -0.444 e. The van der Waals surface area contributed by atoms with Crippen molar-refractivity contribution in [2.45, 2.75) is 52.3 Å². The smallest absolute Gasteiger partial charge is 0.407 e. The molecule has 0 bridgehead atoms. The van der Waals surface area contributed by atoms with E-state index in [0.717, 1.165) is 26.1 Å². The average Bonchev–Trinajstić information content (AvgIpc) is 2.36. The van der Waals surface area contributed by atoms with E-state index in [1.54, 1.807) is 0 Å². The zero-order valence-electron chi connectivity index (χ0n) is 14.1. The largest absolute Gasteiger partial charge is 0.444 e. The van der Waals surface area contributed by atoms with Crippen LogP contribution in [-0.4, -0.2) is 35.7 Å². The summed E-state index contributed by atoms with van der Waals surface area (Å²) in [6.45, 7) is 10.8. The first kappa shape index (κ1) is 16.8. The van der Waals surface area contributed by atoms with Gasteiger partial charge in [0.2, 0.25) is 0 Å². The summed E-state index contributed by atoms with van der Waals surface area (Å²) in [6, 6.07) is 10.6. The Balaban J connectivity index is 1.89. The van der Waals surface area contributed by atoms with Crippen LogP contribution in [0.4, 0.5) is 4.79 Å². The standard InChI is InChI=1S/C18H28N2O2/c1-14-10-16(19-17(21)22-18(2,3)4)13-20(11-14)12-15-8-6-5-7-9-15/h5-9,14,16H,10-13H2,1-4H3,(H,19,21)/t14?,16-/m1/s1. The van der Waals surface area contributed by atoms with E-state index in [1.165, 1.54) is 5.56 Å². The van der Waals surface area contributed by atoms with Crippen LogP contribution in [0.1, 0.15) is 39.7 Å². The van der Waals surface area contributed by atoms with Gasteiger partial charge in [-0.15, -0.1) is 0 Å². The fourth-order valence-electron chi connectivity index (χ4n) is 3.01. The maximum absolute atomic E-state index is 11.9. The minimum atomic E-state index is -0.450. The van der Waals surface area contributed by atoms with E-state index in [-0.39, 0.29) is 12.1 Å². The molecular formula is C18H28N2O2. The number of nitrogens with one attached hydrogen (secondary N) is 1. The molecule has 4 heteroatoms. The van der Waals surface area contributed by atoms with E-state index in [0.29, 0.717) is 5.92 Å². The predicted octanol–water partition coefficient (Wildman–Crippen LogP) is 3.42. The van der Waals surface area contributed by atoms with Crippen LogP contribution in [0.5, 0.6) is 0 Å². The van der Waals surface area contributed by atoms with E-state index in [4.69, 9.17) is 4.74 Å². The van der Waals surface area contributed by atoms with E-state index in [1.807, 2.05) is 26.8 Å². The van der Waals surface area contributed by atoms with Gasteiger partial charge in [-0.05, 0) is 38.7 Å². The number of hydrogen-bond donors (Lipinski definition) is 1. The van der Waals surface area contributed by atoms with Crippen molar-refractivity contribution in [2.75, 3.05) is 13.1 Å². The number of benzene rings is 1. The Labute approximate surface area is 133 Å². The lowest BCUT2D eigenvalue weighted by molar-refractivity contribution is 0.0450. The molecule has 1 heterocycles. The van der Waals surface area contributed by atoms with Crippen LogP contribution in [0.15, 0.2) is 30.3 Å². The number of ether oxygens (including phenoxy) is 1. The van der Waals surface area contributed by atoms with Crippen molar-refractivity contribution >= 4 is 6.09 Å². The first-order chi connectivity index (χ1) is 10.3. The van der Waals surface area contributed by atoms with Gasteiger partial charge in [-0.3, -0.25) is 4.90 Å². The van der Waals surface area contributed by atoms with Crippen molar-refractivity contribution in [3.05, 3.63) is 35.9 Å². The SMILES string of the molecule is CC1C[C@@H](NC(=O)OC(C)(C)C)CN(Cc2ccccc2)C1. The Morgan fingerprint density at radius 1 is 1.27 bits per heavy atom. The molecule has 0 spiro atoms. The second-order valence-electron chi connectivity index (χ2n) is 7.36. The molecule has 1 fully saturated rings. The highest BCUT2D eigenvalue weighted by Crippen LogP contribution is 2.19. The molecule has 1 unspecified atom stereocenters. The van der Waals surface area contributed by atoms with Crippen LogP contribution in [0.3, 0.4) is 0 Å². The molecule has 2 rings (SSSR count). The fraction of sp³-hybridized carbons (Fsp3) is 0.611. The zero-order valence-corrected chi connectivity index (χ0v) is 14.1. The Bertz CT molecular complexity index is 482. The summed E-state index contributed by atoms with van der Waals surface area (Å²) in [6.07, 6.45) is 0.691. The molecule has 1 N–H and O–H groups in total. The molecule has 0 aromatic heterocycles. The van der Waals surface area contributed by atoms with E-state index < -0.39 is 5.60 Å². The van der Waals surface area contributed by atoms with Crippen molar-refractivity contribution < 1.29 is 9.53 Å². The number of likely N-dealkylation sites (tertiary alicyclic amines) is 1. The number of carbonyl (C=O) groups excluding carboxylic acids is 1. The van der Waals surface area contributed by atoms with Crippen molar-refractivity contribution in [1.29, 1.82) is 0 Å². The molecule has 2 atom stereocenters. The Morgan fingerprint density at radius 3 is 2.59 bits per heavy atom. The van der Waals surface area contributed by atoms with E-state index in [2.05, 4.69) is 41.4 Å². The first-order valence-corrected chi connectivity index (χ1v) is 8.07. The molecular weight excluding hydrogens is 276 g/mol. The van der Waals surface area contributed by atoms with Crippen molar-refractivity contribution in [1.82, 2.24) is 10.2 Å². The molecule has 1 aromatic rings. The zero-order chi connectivity index (χ0) is 16.2. The molecule has 0 saturated carbocycles. The van der Waals surface area contributed by atoms with Crippen LogP contribution in [0, 0.1) is 5.92 Å². The maximum atomic E-state index is 11.9. The first-order valence-electron chi connectivity index (χ1n) is 8.07. The second kappa shape index (κ2) is 7.14. The van der Waals surface area contributed by atoms with Gasteiger partial charge in [-0.2, -0.15) is 0 Å². The highest BCUT2D eigenvalue weighted by molar-refractivity contribution is 5.68. The Kier molecular flexibility index (Phi) is 5.46. The second-order valence-corrected chi connectivity index (χ2v) is 7.36. The van der Waals surface area contributed by atoms with Gasteiger partial charge in [-0.25, -0.2) is 4.79 Å². The normalized spacial score (nSPS) is 23.1. The number of hydrogen-bond acceptors (Lipinski definition) is 3. The van der Waals surface area contributed by atoms with Crippen LogP contribution in [-0.2, 0) is 11.3 Å². The van der Waals surface area contributed by atoms with Crippen molar-refractivity contribution in [3.63, 3.8) is 0 Å². The maximum Gasteiger partial charge on any atom is 0.407 e. The van der Waals surface area contributed by atoms with Crippen LogP contribution < -0.4 is 5.32 Å². The molecule has 1 saturated heterocycles. The third-order valence-electron chi connectivity index (χ3n) is 3.71. The summed E-state index contributed by atoms with van der Waals surface area (Å²) in [5.74, 6) is 0.567. The van der Waals surface area contributed by atoms with Gasteiger partial charge in [0.15, 0.2) is 0 Å². The lowest BCUT2D eigenvalue weighted by Gasteiger charge is -2.37. The third-order valence-corrected chi connectivity index (χ3v) is 3.71. The topological polar surface area (TPSA) is 41.6 Å². The molecule has 4 nitrogen and oxygen atoms in total. The summed E-state index contributed by atoms with van der Waals surface area (Å²) in [5, 5.41) is 3.02. The summed E-state index contributed by atoms with van der Waals surface area (Å²) < 4.78 is 5.36. The number of amides is 1. The number of carbonyl (C=O) groups is 1. The summed E-state index contributed by atoms with van der Waals surface area (Å²) in [5.41, 5.74) is 0.862. The summed E-state index contributed by atoms with van der Waals surface area (Å²) in [7, 11) is 0. The van der Waals surface area contributed by atoms with Gasteiger partial charge in [0, 0.05) is 25.7 Å².